The molecule has 4 fully saturated rings. The highest BCUT2D eigenvalue weighted by molar-refractivity contribution is 6.02. The lowest BCUT2D eigenvalue weighted by Crippen LogP contribution is -2.37. The lowest BCUT2D eigenvalue weighted by Gasteiger charge is -2.35. The van der Waals surface area contributed by atoms with E-state index >= 15 is 0 Å². The molecule has 3 aromatic rings. The number of hydrogen-bond acceptors (Lipinski definition) is 6. The summed E-state index contributed by atoms with van der Waals surface area (Å²) in [5, 5.41) is 0. The predicted molar refractivity (Wildman–Crippen MR) is 308 cm³/mol. The number of aromatic nitrogens is 2. The van der Waals surface area contributed by atoms with E-state index in [4.69, 9.17) is 15.0 Å². The van der Waals surface area contributed by atoms with Crippen molar-refractivity contribution in [1.29, 1.82) is 0 Å². The average molecular weight is 950 g/mol. The maximum Gasteiger partial charge on any atom is 0.162 e. The van der Waals surface area contributed by atoms with Crippen LogP contribution in [0.25, 0.3) is 11.4 Å². The summed E-state index contributed by atoms with van der Waals surface area (Å²) < 4.78 is 0. The quantitative estimate of drug-likeness (QED) is 0.151. The third-order valence-electron chi connectivity index (χ3n) is 15.7. The molecule has 2 unspecified atom stereocenters. The smallest absolute Gasteiger partial charge is 0.162 e. The van der Waals surface area contributed by atoms with Gasteiger partial charge in [-0.25, -0.2) is 15.0 Å². The van der Waals surface area contributed by atoms with Crippen molar-refractivity contribution in [2.24, 2.45) is 28.7 Å². The largest absolute Gasteiger partial charge is 0.357 e. The molecule has 0 N–H and O–H groups in total. The summed E-state index contributed by atoms with van der Waals surface area (Å²) in [7, 11) is 0. The Morgan fingerprint density at radius 3 is 1.71 bits per heavy atom. The molecule has 0 spiro atoms. The first-order chi connectivity index (χ1) is 33.5. The molecule has 0 amide bonds. The van der Waals surface area contributed by atoms with Crippen molar-refractivity contribution in [3.63, 3.8) is 0 Å². The molecule has 2 aromatic carbocycles. The number of likely N-dealkylation sites (tertiary alicyclic amines) is 2. The highest BCUT2D eigenvalue weighted by Crippen LogP contribution is 2.36. The zero-order chi connectivity index (χ0) is 50.3. The van der Waals surface area contributed by atoms with Crippen LogP contribution in [0.15, 0.2) is 52.8 Å². The van der Waals surface area contributed by atoms with Crippen molar-refractivity contribution in [3.8, 4) is 11.4 Å². The highest BCUT2D eigenvalue weighted by atomic mass is 15.2. The molecular formula is C63H108N6. The monoisotopic (exact) mass is 949 g/mol. The molecule has 1 aromatic heterocycles. The fourth-order valence-corrected chi connectivity index (χ4v) is 11.4. The van der Waals surface area contributed by atoms with E-state index in [-0.39, 0.29) is 2.85 Å². The Kier molecular flexibility index (Phi) is 26.1. The minimum atomic E-state index is 0. The van der Waals surface area contributed by atoms with Gasteiger partial charge in [-0.05, 0) is 168 Å². The maximum absolute atomic E-state index is 5.49. The van der Waals surface area contributed by atoms with Gasteiger partial charge in [0.2, 0.25) is 0 Å². The topological polar surface area (TPSA) is 47.9 Å². The van der Waals surface area contributed by atoms with Crippen molar-refractivity contribution in [2.45, 2.75) is 219 Å². The molecule has 4 aliphatic rings. The summed E-state index contributed by atoms with van der Waals surface area (Å²) in [6.07, 6.45) is 24.1. The molecule has 0 bridgehead atoms. The molecule has 4 heterocycles. The number of rotatable bonds is 14. The van der Waals surface area contributed by atoms with Crippen LogP contribution < -0.4 is 4.90 Å². The molecule has 1 saturated carbocycles. The number of aliphatic imine (C=N–C) groups is 1. The van der Waals surface area contributed by atoms with Gasteiger partial charge in [0, 0.05) is 63.7 Å². The van der Waals surface area contributed by atoms with E-state index in [1.165, 1.54) is 171 Å². The van der Waals surface area contributed by atoms with E-state index in [0.29, 0.717) is 5.92 Å². The Morgan fingerprint density at radius 1 is 0.638 bits per heavy atom. The zero-order valence-corrected chi connectivity index (χ0v) is 47.3. The van der Waals surface area contributed by atoms with Crippen LogP contribution in [-0.4, -0.2) is 71.3 Å². The first-order valence-corrected chi connectivity index (χ1v) is 29.1. The summed E-state index contributed by atoms with van der Waals surface area (Å²) in [6.45, 7) is 39.2. The standard InChI is InChI=1S/C30H45N3.C29H47N3.2C2H6.2H2/c1-5-25-15-12-16-26(6-2)28(25)29-31-23(4)27(30(32-29)33-19-10-7-11-20-33)21-24-14-9-8-13-22(3)17-18-24;1-7-25-13-12-14-26(8-2)28(25)24(6)30-29(32-17-10-9-11-18-32)27(22(3)4)21-31-19-15-23(5)16-20-31;2*1-2;;/h12,15-16,22,24H,5-11,13-14,17-21H2,1-4H3;12-14,22-23H,7-11,15-21H2,1-6H3;2*1-2H3;2*1H/b;29-27+,30-24+;;;;. The van der Waals surface area contributed by atoms with Gasteiger partial charge in [-0.1, -0.05) is 152 Å². The van der Waals surface area contributed by atoms with Crippen molar-refractivity contribution >= 4 is 11.5 Å². The second kappa shape index (κ2) is 31.1. The van der Waals surface area contributed by atoms with E-state index in [9.17, 15) is 0 Å². The van der Waals surface area contributed by atoms with Gasteiger partial charge in [-0.15, -0.1) is 0 Å². The predicted octanol–water partition coefficient (Wildman–Crippen LogP) is 17.0. The molecular weight excluding hydrogens is 841 g/mol. The first kappa shape index (κ1) is 58.1. The molecule has 6 heteroatoms. The molecule has 6 nitrogen and oxygen atoms in total. The van der Waals surface area contributed by atoms with Crippen LogP contribution in [0.2, 0.25) is 0 Å². The minimum Gasteiger partial charge on any atom is -0.357 e. The van der Waals surface area contributed by atoms with Crippen LogP contribution in [0.1, 0.15) is 222 Å². The summed E-state index contributed by atoms with van der Waals surface area (Å²) >= 11 is 0. The number of nitrogens with zero attached hydrogens (tertiary/aromatic N) is 6. The molecule has 1 aliphatic carbocycles. The van der Waals surface area contributed by atoms with Crippen LogP contribution in [0.4, 0.5) is 5.82 Å². The normalized spacial score (nSPS) is 20.1. The van der Waals surface area contributed by atoms with Gasteiger partial charge in [-0.2, -0.15) is 0 Å². The molecule has 3 aliphatic heterocycles. The molecule has 2 atom stereocenters. The third-order valence-corrected chi connectivity index (χ3v) is 15.7. The van der Waals surface area contributed by atoms with Crippen molar-refractivity contribution in [2.75, 3.05) is 50.7 Å². The van der Waals surface area contributed by atoms with Gasteiger partial charge in [0.1, 0.15) is 11.6 Å². The fraction of sp³-hybridized carbons (Fsp3) is 0.698. The summed E-state index contributed by atoms with van der Waals surface area (Å²) in [6, 6.07) is 13.5. The third kappa shape index (κ3) is 16.8. The van der Waals surface area contributed by atoms with Crippen molar-refractivity contribution in [3.05, 3.63) is 86.9 Å². The summed E-state index contributed by atoms with van der Waals surface area (Å²) in [5.41, 5.74) is 13.7. The van der Waals surface area contributed by atoms with Gasteiger partial charge in [-0.3, -0.25) is 4.90 Å². The Bertz CT molecular complexity index is 1960. The van der Waals surface area contributed by atoms with Crippen LogP contribution in [-0.2, 0) is 32.1 Å². The van der Waals surface area contributed by atoms with E-state index < -0.39 is 0 Å². The highest BCUT2D eigenvalue weighted by Gasteiger charge is 2.27. The Morgan fingerprint density at radius 2 is 1.16 bits per heavy atom. The zero-order valence-electron chi connectivity index (χ0n) is 47.3. The number of anilines is 1. The van der Waals surface area contributed by atoms with E-state index in [1.807, 2.05) is 27.7 Å². The first-order valence-electron chi connectivity index (χ1n) is 29.1. The number of hydrogen-bond donors (Lipinski definition) is 0. The number of aryl methyl sites for hydroxylation is 5. The molecule has 69 heavy (non-hydrogen) atoms. The lowest BCUT2D eigenvalue weighted by atomic mass is 9.83. The van der Waals surface area contributed by atoms with E-state index in [2.05, 4.69) is 120 Å². The van der Waals surface area contributed by atoms with Crippen LogP contribution in [0.5, 0.6) is 0 Å². The average Bonchev–Trinajstić information content (AvgIpc) is 3.39. The fourth-order valence-electron chi connectivity index (χ4n) is 11.4. The number of piperidine rings is 3. The maximum atomic E-state index is 5.49. The van der Waals surface area contributed by atoms with E-state index in [0.717, 1.165) is 88.4 Å². The Hall–Kier alpha value is -3.51. The second-order valence-corrected chi connectivity index (χ2v) is 21.0. The Balaban J connectivity index is 0.000000444. The van der Waals surface area contributed by atoms with E-state index in [1.54, 1.807) is 0 Å². The van der Waals surface area contributed by atoms with Gasteiger partial charge < -0.3 is 9.80 Å². The SMILES string of the molecule is CC.CC.CCc1cccc(CC)c1-c1nc(C)c(CC2CCCCC(C)CC2)c(N2CCCCC2)n1.CCc1cccc(CC)c1/C(C)=N/C(=C(/CN1CCC(C)CC1)C(C)C)N1CCCCC1.[HH].[HH]. The van der Waals surface area contributed by atoms with Crippen molar-refractivity contribution in [1.82, 2.24) is 19.8 Å². The van der Waals surface area contributed by atoms with Gasteiger partial charge in [0.05, 0.1) is 0 Å². The van der Waals surface area contributed by atoms with Crippen LogP contribution >= 0.6 is 0 Å². The Labute approximate surface area is 429 Å². The summed E-state index contributed by atoms with van der Waals surface area (Å²) in [5.74, 6) is 6.53. The van der Waals surface area contributed by atoms with Crippen LogP contribution in [0, 0.1) is 30.6 Å². The van der Waals surface area contributed by atoms with Gasteiger partial charge in [0.25, 0.3) is 0 Å². The second-order valence-electron chi connectivity index (χ2n) is 21.0. The molecule has 390 valence electrons. The van der Waals surface area contributed by atoms with Crippen LogP contribution in [0.3, 0.4) is 0 Å². The van der Waals surface area contributed by atoms with Gasteiger partial charge in [0.15, 0.2) is 5.82 Å². The minimum absolute atomic E-state index is 0. The lowest BCUT2D eigenvalue weighted by molar-refractivity contribution is 0.198. The van der Waals surface area contributed by atoms with Crippen molar-refractivity contribution < 1.29 is 2.85 Å². The summed E-state index contributed by atoms with van der Waals surface area (Å²) in [4.78, 5) is 23.9. The number of benzene rings is 2. The molecule has 3 saturated heterocycles. The molecule has 7 rings (SSSR count). The van der Waals surface area contributed by atoms with Gasteiger partial charge >= 0.3 is 0 Å². The molecule has 0 radical (unpaired) electrons.